The van der Waals surface area contributed by atoms with Crippen LogP contribution in [-0.2, 0) is 11.3 Å². The summed E-state index contributed by atoms with van der Waals surface area (Å²) >= 11 is 0. The largest absolute Gasteiger partial charge is 0.355 e. The van der Waals surface area contributed by atoms with Crippen LogP contribution in [0.1, 0.15) is 31.2 Å². The molecule has 0 saturated carbocycles. The van der Waals surface area contributed by atoms with Crippen LogP contribution in [-0.4, -0.2) is 59.6 Å². The second-order valence-electron chi connectivity index (χ2n) is 9.18. The Morgan fingerprint density at radius 1 is 1.00 bits per heavy atom. The van der Waals surface area contributed by atoms with Gasteiger partial charge in [0.15, 0.2) is 0 Å². The molecule has 33 heavy (non-hydrogen) atoms. The van der Waals surface area contributed by atoms with E-state index < -0.39 is 0 Å². The van der Waals surface area contributed by atoms with Crippen molar-refractivity contribution in [1.29, 1.82) is 0 Å². The van der Waals surface area contributed by atoms with Gasteiger partial charge >= 0.3 is 0 Å². The van der Waals surface area contributed by atoms with E-state index in [9.17, 15) is 9.18 Å². The molecule has 7 heteroatoms. The van der Waals surface area contributed by atoms with Crippen molar-refractivity contribution >= 4 is 22.9 Å². The molecule has 174 valence electrons. The molecule has 2 saturated heterocycles. The van der Waals surface area contributed by atoms with E-state index in [4.69, 9.17) is 4.98 Å². The van der Waals surface area contributed by atoms with Gasteiger partial charge in [0.05, 0.1) is 17.6 Å². The minimum Gasteiger partial charge on any atom is -0.355 e. The standard InChI is InChI=1S/C26H32FN5O/c27-22-8-2-1-7-21(22)19-32-24-10-4-3-9-23(24)29-26(32)31-16-11-20(12-17-31)25(33)28-13-18-30-14-5-6-15-30/h1-4,7-10,20H,5-6,11-19H2,(H,28,33). The highest BCUT2D eigenvalue weighted by molar-refractivity contribution is 5.80. The van der Waals surface area contributed by atoms with E-state index in [0.29, 0.717) is 12.1 Å². The molecule has 5 rings (SSSR count). The lowest BCUT2D eigenvalue weighted by molar-refractivity contribution is -0.125. The molecule has 2 aliphatic heterocycles. The van der Waals surface area contributed by atoms with Gasteiger partial charge in [-0.1, -0.05) is 30.3 Å². The molecule has 0 atom stereocenters. The summed E-state index contributed by atoms with van der Waals surface area (Å²) < 4.78 is 16.5. The monoisotopic (exact) mass is 449 g/mol. The first kappa shape index (κ1) is 21.9. The van der Waals surface area contributed by atoms with Gasteiger partial charge in [-0.05, 0) is 57.0 Å². The number of amides is 1. The van der Waals surface area contributed by atoms with Crippen LogP contribution < -0.4 is 10.2 Å². The van der Waals surface area contributed by atoms with Gasteiger partial charge < -0.3 is 19.7 Å². The predicted octanol–water partition coefficient (Wildman–Crippen LogP) is 3.65. The number of nitrogens with one attached hydrogen (secondary N) is 1. The number of piperidine rings is 1. The fourth-order valence-electron chi connectivity index (χ4n) is 5.09. The summed E-state index contributed by atoms with van der Waals surface area (Å²) in [5, 5.41) is 3.14. The Morgan fingerprint density at radius 2 is 1.73 bits per heavy atom. The first-order valence-electron chi connectivity index (χ1n) is 12.1. The topological polar surface area (TPSA) is 53.4 Å². The molecule has 1 N–H and O–H groups in total. The van der Waals surface area contributed by atoms with Gasteiger partial charge in [-0.2, -0.15) is 0 Å². The van der Waals surface area contributed by atoms with Crippen molar-refractivity contribution < 1.29 is 9.18 Å². The maximum atomic E-state index is 14.4. The van der Waals surface area contributed by atoms with E-state index in [-0.39, 0.29) is 17.6 Å². The summed E-state index contributed by atoms with van der Waals surface area (Å²) in [6, 6.07) is 14.9. The summed E-state index contributed by atoms with van der Waals surface area (Å²) in [7, 11) is 0. The number of carbonyl (C=O) groups is 1. The molecule has 3 heterocycles. The van der Waals surface area contributed by atoms with Gasteiger partial charge in [0.1, 0.15) is 5.82 Å². The van der Waals surface area contributed by atoms with E-state index in [1.54, 1.807) is 6.07 Å². The number of anilines is 1. The minimum absolute atomic E-state index is 0.0456. The Bertz CT molecular complexity index is 1100. The molecule has 0 unspecified atom stereocenters. The third-order valence-electron chi connectivity index (χ3n) is 7.00. The highest BCUT2D eigenvalue weighted by Gasteiger charge is 2.28. The number of likely N-dealkylation sites (tertiary alicyclic amines) is 1. The SMILES string of the molecule is O=C(NCCN1CCCC1)C1CCN(c2nc3ccccc3n2Cc2ccccc2F)CC1. The maximum Gasteiger partial charge on any atom is 0.223 e. The molecule has 2 aliphatic rings. The zero-order valence-corrected chi connectivity index (χ0v) is 19.0. The van der Waals surface area contributed by atoms with Gasteiger partial charge in [-0.25, -0.2) is 9.37 Å². The third kappa shape index (κ3) is 4.88. The lowest BCUT2D eigenvalue weighted by atomic mass is 9.96. The lowest BCUT2D eigenvalue weighted by Crippen LogP contribution is -2.43. The Labute approximate surface area is 194 Å². The smallest absolute Gasteiger partial charge is 0.223 e. The zero-order chi connectivity index (χ0) is 22.6. The van der Waals surface area contributed by atoms with Crippen LogP contribution in [0, 0.1) is 11.7 Å². The molecule has 0 radical (unpaired) electrons. The van der Waals surface area contributed by atoms with Crippen molar-refractivity contribution in [3.05, 3.63) is 59.9 Å². The molecule has 0 aliphatic carbocycles. The van der Waals surface area contributed by atoms with Crippen molar-refractivity contribution in [3.8, 4) is 0 Å². The fraction of sp³-hybridized carbons (Fsp3) is 0.462. The first-order chi connectivity index (χ1) is 16.2. The van der Waals surface area contributed by atoms with Gasteiger partial charge in [0.25, 0.3) is 0 Å². The predicted molar refractivity (Wildman–Crippen MR) is 129 cm³/mol. The Morgan fingerprint density at radius 3 is 2.52 bits per heavy atom. The quantitative estimate of drug-likeness (QED) is 0.598. The average molecular weight is 450 g/mol. The lowest BCUT2D eigenvalue weighted by Gasteiger charge is -2.32. The number of fused-ring (bicyclic) bond motifs is 1. The van der Waals surface area contributed by atoms with Crippen LogP contribution in [0.15, 0.2) is 48.5 Å². The molecular formula is C26H32FN5O. The van der Waals surface area contributed by atoms with Crippen LogP contribution in [0.2, 0.25) is 0 Å². The number of benzene rings is 2. The van der Waals surface area contributed by atoms with Crippen molar-refractivity contribution in [2.45, 2.75) is 32.2 Å². The number of para-hydroxylation sites is 2. The number of nitrogens with zero attached hydrogens (tertiary/aromatic N) is 4. The highest BCUT2D eigenvalue weighted by atomic mass is 19.1. The van der Waals surface area contributed by atoms with Crippen LogP contribution >= 0.6 is 0 Å². The Kier molecular flexibility index (Phi) is 6.58. The zero-order valence-electron chi connectivity index (χ0n) is 19.0. The van der Waals surface area contributed by atoms with Crippen molar-refractivity contribution in [2.75, 3.05) is 44.2 Å². The molecule has 0 bridgehead atoms. The number of carbonyl (C=O) groups excluding carboxylic acids is 1. The van der Waals surface area contributed by atoms with Crippen LogP contribution in [0.3, 0.4) is 0 Å². The molecule has 0 spiro atoms. The number of halogens is 1. The van der Waals surface area contributed by atoms with Crippen LogP contribution in [0.5, 0.6) is 0 Å². The van der Waals surface area contributed by atoms with Crippen LogP contribution in [0.4, 0.5) is 10.3 Å². The summed E-state index contributed by atoms with van der Waals surface area (Å²) in [6.07, 6.45) is 4.15. The second-order valence-corrected chi connectivity index (χ2v) is 9.18. The van der Waals surface area contributed by atoms with Crippen molar-refractivity contribution in [1.82, 2.24) is 19.8 Å². The molecule has 1 amide bonds. The first-order valence-corrected chi connectivity index (χ1v) is 12.1. The highest BCUT2D eigenvalue weighted by Crippen LogP contribution is 2.28. The van der Waals surface area contributed by atoms with Crippen molar-refractivity contribution in [2.24, 2.45) is 5.92 Å². The molecular weight excluding hydrogens is 417 g/mol. The summed E-state index contributed by atoms with van der Waals surface area (Å²) in [4.78, 5) is 22.2. The minimum atomic E-state index is -0.203. The number of hydrogen-bond donors (Lipinski definition) is 1. The molecule has 2 fully saturated rings. The Balaban J connectivity index is 1.25. The fourth-order valence-corrected chi connectivity index (χ4v) is 5.09. The average Bonchev–Trinajstić information content (AvgIpc) is 3.49. The van der Waals surface area contributed by atoms with E-state index in [1.807, 2.05) is 36.4 Å². The Hall–Kier alpha value is -2.93. The number of aromatic nitrogens is 2. The van der Waals surface area contributed by atoms with Crippen molar-refractivity contribution in [3.63, 3.8) is 0 Å². The van der Waals surface area contributed by atoms with Gasteiger partial charge in [-0.15, -0.1) is 0 Å². The number of rotatable bonds is 7. The van der Waals surface area contributed by atoms with Crippen LogP contribution in [0.25, 0.3) is 11.0 Å². The van der Waals surface area contributed by atoms with E-state index in [1.165, 1.54) is 18.9 Å². The van der Waals surface area contributed by atoms with Gasteiger partial charge in [0, 0.05) is 37.7 Å². The number of hydrogen-bond acceptors (Lipinski definition) is 4. The van der Waals surface area contributed by atoms with E-state index >= 15 is 0 Å². The summed E-state index contributed by atoms with van der Waals surface area (Å²) in [5.41, 5.74) is 2.55. The molecule has 1 aromatic heterocycles. The second kappa shape index (κ2) is 9.91. The molecule has 6 nitrogen and oxygen atoms in total. The maximum absolute atomic E-state index is 14.4. The van der Waals surface area contributed by atoms with E-state index in [0.717, 1.165) is 69.1 Å². The van der Waals surface area contributed by atoms with Gasteiger partial charge in [-0.3, -0.25) is 4.79 Å². The summed E-state index contributed by atoms with van der Waals surface area (Å²) in [6.45, 7) is 5.96. The number of imidazole rings is 1. The third-order valence-corrected chi connectivity index (χ3v) is 7.00. The molecule has 3 aromatic rings. The van der Waals surface area contributed by atoms with Gasteiger partial charge in [0.2, 0.25) is 11.9 Å². The van der Waals surface area contributed by atoms with E-state index in [2.05, 4.69) is 19.7 Å². The summed E-state index contributed by atoms with van der Waals surface area (Å²) in [5.74, 6) is 0.871. The molecule has 2 aromatic carbocycles. The normalized spacial score (nSPS) is 17.7.